The lowest BCUT2D eigenvalue weighted by Gasteiger charge is -2.17. The van der Waals surface area contributed by atoms with Gasteiger partial charge in [-0.3, -0.25) is 4.98 Å². The molecule has 1 atom stereocenters. The Morgan fingerprint density at radius 1 is 1.10 bits per heavy atom. The number of rotatable bonds is 9. The SMILES string of the molecule is CC(Nc1nc(Nc2cnccn2)cc(OCCN(C)C)n1)c1ccc(F)cc1. The minimum absolute atomic E-state index is 0.128. The maximum atomic E-state index is 13.2. The third kappa shape index (κ3) is 6.35. The second-order valence-electron chi connectivity index (χ2n) is 6.70. The van der Waals surface area contributed by atoms with Crippen molar-refractivity contribution in [3.05, 3.63) is 60.3 Å². The summed E-state index contributed by atoms with van der Waals surface area (Å²) in [5.74, 6) is 1.62. The van der Waals surface area contributed by atoms with Gasteiger partial charge in [0, 0.05) is 25.0 Å². The average molecular weight is 397 g/mol. The zero-order chi connectivity index (χ0) is 20.6. The number of nitrogens with one attached hydrogen (secondary N) is 2. The monoisotopic (exact) mass is 397 g/mol. The van der Waals surface area contributed by atoms with Gasteiger partial charge in [-0.2, -0.15) is 9.97 Å². The average Bonchev–Trinajstić information content (AvgIpc) is 2.69. The quantitative estimate of drug-likeness (QED) is 0.569. The summed E-state index contributed by atoms with van der Waals surface area (Å²) < 4.78 is 19.0. The topological polar surface area (TPSA) is 88.1 Å². The van der Waals surface area contributed by atoms with Crippen molar-refractivity contribution in [3.63, 3.8) is 0 Å². The van der Waals surface area contributed by atoms with Crippen molar-refractivity contribution >= 4 is 17.6 Å². The molecule has 152 valence electrons. The molecule has 0 saturated heterocycles. The molecule has 0 aliphatic rings. The Hall–Kier alpha value is -3.33. The first-order chi connectivity index (χ1) is 14.0. The van der Waals surface area contributed by atoms with Gasteiger partial charge >= 0.3 is 0 Å². The number of hydrogen-bond acceptors (Lipinski definition) is 8. The van der Waals surface area contributed by atoms with Crippen LogP contribution in [0.25, 0.3) is 0 Å². The Morgan fingerprint density at radius 2 is 1.90 bits per heavy atom. The van der Waals surface area contributed by atoms with Crippen LogP contribution in [0.2, 0.25) is 0 Å². The maximum absolute atomic E-state index is 13.2. The molecule has 1 aromatic carbocycles. The second kappa shape index (κ2) is 9.74. The van der Waals surface area contributed by atoms with Crippen molar-refractivity contribution < 1.29 is 9.13 Å². The zero-order valence-corrected chi connectivity index (χ0v) is 16.6. The van der Waals surface area contributed by atoms with Gasteiger partial charge in [-0.25, -0.2) is 9.37 Å². The van der Waals surface area contributed by atoms with E-state index >= 15 is 0 Å². The molecule has 3 rings (SSSR count). The molecule has 0 fully saturated rings. The van der Waals surface area contributed by atoms with Crippen LogP contribution in [-0.4, -0.2) is 52.1 Å². The smallest absolute Gasteiger partial charge is 0.228 e. The van der Waals surface area contributed by atoms with Gasteiger partial charge in [0.05, 0.1) is 12.2 Å². The lowest BCUT2D eigenvalue weighted by molar-refractivity contribution is 0.254. The molecule has 0 bridgehead atoms. The molecule has 0 aliphatic carbocycles. The first kappa shape index (κ1) is 20.4. The van der Waals surface area contributed by atoms with Gasteiger partial charge in [0.25, 0.3) is 0 Å². The summed E-state index contributed by atoms with van der Waals surface area (Å²) in [6, 6.07) is 7.88. The fourth-order valence-corrected chi connectivity index (χ4v) is 2.48. The molecule has 29 heavy (non-hydrogen) atoms. The number of anilines is 3. The van der Waals surface area contributed by atoms with Crippen molar-refractivity contribution in [1.29, 1.82) is 0 Å². The Kier molecular flexibility index (Phi) is 6.85. The first-order valence-electron chi connectivity index (χ1n) is 9.21. The molecule has 0 saturated carbocycles. The molecule has 0 amide bonds. The van der Waals surface area contributed by atoms with Gasteiger partial charge in [0.2, 0.25) is 11.8 Å². The summed E-state index contributed by atoms with van der Waals surface area (Å²) in [4.78, 5) is 19.2. The molecule has 3 aromatic rings. The number of ether oxygens (including phenoxy) is 1. The molecule has 2 aromatic heterocycles. The van der Waals surface area contributed by atoms with E-state index in [1.165, 1.54) is 12.1 Å². The van der Waals surface area contributed by atoms with Crippen LogP contribution in [0, 0.1) is 5.82 Å². The number of hydrogen-bond donors (Lipinski definition) is 2. The summed E-state index contributed by atoms with van der Waals surface area (Å²) in [6.07, 6.45) is 4.79. The number of aromatic nitrogens is 4. The van der Waals surface area contributed by atoms with Crippen LogP contribution >= 0.6 is 0 Å². The number of likely N-dealkylation sites (N-methyl/N-ethyl adjacent to an activating group) is 1. The Balaban J connectivity index is 1.79. The van der Waals surface area contributed by atoms with Crippen LogP contribution in [0.4, 0.5) is 22.0 Å². The van der Waals surface area contributed by atoms with E-state index in [-0.39, 0.29) is 11.9 Å². The van der Waals surface area contributed by atoms with Gasteiger partial charge in [-0.15, -0.1) is 0 Å². The Bertz CT molecular complexity index is 906. The lowest BCUT2D eigenvalue weighted by Crippen LogP contribution is -2.20. The minimum Gasteiger partial charge on any atom is -0.476 e. The summed E-state index contributed by atoms with van der Waals surface area (Å²) in [7, 11) is 3.95. The van der Waals surface area contributed by atoms with Gasteiger partial charge < -0.3 is 20.3 Å². The fraction of sp³-hybridized carbons (Fsp3) is 0.300. The Morgan fingerprint density at radius 3 is 2.59 bits per heavy atom. The normalized spacial score (nSPS) is 11.9. The van der Waals surface area contributed by atoms with E-state index in [9.17, 15) is 4.39 Å². The predicted octanol–water partition coefficient (Wildman–Crippen LogP) is 3.26. The highest BCUT2D eigenvalue weighted by molar-refractivity contribution is 5.54. The van der Waals surface area contributed by atoms with Crippen molar-refractivity contribution in [2.24, 2.45) is 0 Å². The van der Waals surface area contributed by atoms with Crippen molar-refractivity contribution in [1.82, 2.24) is 24.8 Å². The maximum Gasteiger partial charge on any atom is 0.228 e. The molecule has 0 spiro atoms. The zero-order valence-electron chi connectivity index (χ0n) is 16.6. The van der Waals surface area contributed by atoms with Crippen molar-refractivity contribution in [2.75, 3.05) is 37.9 Å². The van der Waals surface area contributed by atoms with Crippen LogP contribution in [0.15, 0.2) is 48.9 Å². The van der Waals surface area contributed by atoms with Crippen LogP contribution in [-0.2, 0) is 0 Å². The molecular formula is C20H24FN7O. The van der Waals surface area contributed by atoms with E-state index in [1.54, 1.807) is 36.8 Å². The summed E-state index contributed by atoms with van der Waals surface area (Å²) in [5, 5.41) is 6.33. The van der Waals surface area contributed by atoms with E-state index in [2.05, 4.69) is 30.6 Å². The summed E-state index contributed by atoms with van der Waals surface area (Å²) in [6.45, 7) is 3.19. The Labute approximate surface area is 169 Å². The highest BCUT2D eigenvalue weighted by Crippen LogP contribution is 2.22. The van der Waals surface area contributed by atoms with Crippen molar-refractivity contribution in [2.45, 2.75) is 13.0 Å². The third-order valence-electron chi connectivity index (χ3n) is 4.03. The fourth-order valence-electron chi connectivity index (χ4n) is 2.48. The summed E-state index contributed by atoms with van der Waals surface area (Å²) in [5.41, 5.74) is 0.914. The molecule has 2 heterocycles. The van der Waals surface area contributed by atoms with E-state index in [1.807, 2.05) is 25.9 Å². The third-order valence-corrected chi connectivity index (χ3v) is 4.03. The van der Waals surface area contributed by atoms with E-state index in [0.717, 1.165) is 12.1 Å². The minimum atomic E-state index is -0.274. The van der Waals surface area contributed by atoms with Crippen LogP contribution in [0.1, 0.15) is 18.5 Å². The molecule has 9 heteroatoms. The standard InChI is InChI=1S/C20H24FN7O/c1-14(15-4-6-16(21)7-5-15)24-20-26-17(25-18-13-22-8-9-23-18)12-19(27-20)29-11-10-28(2)3/h4-9,12-14H,10-11H2,1-3H3,(H2,23,24,25,26,27). The molecular weight excluding hydrogens is 373 g/mol. The molecule has 1 unspecified atom stereocenters. The van der Waals surface area contributed by atoms with Crippen LogP contribution in [0.3, 0.4) is 0 Å². The molecule has 8 nitrogen and oxygen atoms in total. The van der Waals surface area contributed by atoms with Crippen molar-refractivity contribution in [3.8, 4) is 5.88 Å². The van der Waals surface area contributed by atoms with E-state index in [0.29, 0.717) is 30.1 Å². The van der Waals surface area contributed by atoms with E-state index in [4.69, 9.17) is 4.74 Å². The number of halogens is 1. The van der Waals surface area contributed by atoms with Gasteiger partial charge in [0.1, 0.15) is 24.1 Å². The molecule has 2 N–H and O–H groups in total. The van der Waals surface area contributed by atoms with Crippen LogP contribution in [0.5, 0.6) is 5.88 Å². The predicted molar refractivity (Wildman–Crippen MR) is 110 cm³/mol. The number of nitrogens with zero attached hydrogens (tertiary/aromatic N) is 5. The highest BCUT2D eigenvalue weighted by Gasteiger charge is 2.11. The number of benzene rings is 1. The summed E-state index contributed by atoms with van der Waals surface area (Å²) >= 11 is 0. The highest BCUT2D eigenvalue weighted by atomic mass is 19.1. The second-order valence-corrected chi connectivity index (χ2v) is 6.70. The van der Waals surface area contributed by atoms with E-state index < -0.39 is 0 Å². The lowest BCUT2D eigenvalue weighted by atomic mass is 10.1. The van der Waals surface area contributed by atoms with Crippen LogP contribution < -0.4 is 15.4 Å². The molecule has 0 radical (unpaired) electrons. The largest absolute Gasteiger partial charge is 0.476 e. The van der Waals surface area contributed by atoms with Gasteiger partial charge in [-0.05, 0) is 38.7 Å². The van der Waals surface area contributed by atoms with Gasteiger partial charge in [-0.1, -0.05) is 12.1 Å². The first-order valence-corrected chi connectivity index (χ1v) is 9.21. The van der Waals surface area contributed by atoms with Gasteiger partial charge in [0.15, 0.2) is 0 Å². The molecule has 0 aliphatic heterocycles.